The first-order chi connectivity index (χ1) is 14.0. The van der Waals surface area contributed by atoms with E-state index >= 15 is 0 Å². The van der Waals surface area contributed by atoms with E-state index in [0.717, 1.165) is 10.9 Å². The van der Waals surface area contributed by atoms with Crippen LogP contribution in [-0.2, 0) is 7.05 Å². The summed E-state index contributed by atoms with van der Waals surface area (Å²) in [6.45, 7) is 6.64. The molecule has 0 aliphatic heterocycles. The van der Waals surface area contributed by atoms with Crippen LogP contribution in [0.4, 0.5) is 0 Å². The predicted molar refractivity (Wildman–Crippen MR) is 119 cm³/mol. The Hall–Kier alpha value is -3.64. The fourth-order valence-electron chi connectivity index (χ4n) is 5.21. The van der Waals surface area contributed by atoms with Crippen molar-refractivity contribution in [2.45, 2.75) is 20.8 Å². The van der Waals surface area contributed by atoms with Crippen LogP contribution in [0.15, 0.2) is 48.7 Å². The topological polar surface area (TPSA) is 32.1 Å². The summed E-state index contributed by atoms with van der Waals surface area (Å²) in [5.41, 5.74) is 9.57. The highest BCUT2D eigenvalue weighted by molar-refractivity contribution is 6.27. The molecular weight excluding hydrogens is 354 g/mol. The number of fused-ring (bicyclic) bond motifs is 6. The predicted octanol–water partition coefficient (Wildman–Crippen LogP) is 5.61. The van der Waals surface area contributed by atoms with E-state index in [2.05, 4.69) is 79.4 Å². The summed E-state index contributed by atoms with van der Waals surface area (Å²) < 4.78 is 4.69. The molecular formula is C26H20N3+. The van der Waals surface area contributed by atoms with Crippen LogP contribution >= 0.6 is 0 Å². The molecule has 0 aliphatic rings. The van der Waals surface area contributed by atoms with Crippen molar-refractivity contribution in [1.29, 1.82) is 5.26 Å². The van der Waals surface area contributed by atoms with Gasteiger partial charge in [0.05, 0.1) is 39.0 Å². The molecule has 0 N–H and O–H groups in total. The Morgan fingerprint density at radius 3 is 2.48 bits per heavy atom. The smallest absolute Gasteiger partial charge is 0.224 e. The number of hydrogen-bond acceptors (Lipinski definition) is 1. The van der Waals surface area contributed by atoms with Gasteiger partial charge in [-0.25, -0.2) is 4.57 Å². The Kier molecular flexibility index (Phi) is 2.95. The monoisotopic (exact) mass is 374 g/mol. The summed E-state index contributed by atoms with van der Waals surface area (Å²) in [4.78, 5) is 0. The first kappa shape index (κ1) is 16.3. The minimum absolute atomic E-state index is 0.701. The van der Waals surface area contributed by atoms with Gasteiger partial charge in [0.15, 0.2) is 6.20 Å². The number of aryl methyl sites for hydroxylation is 4. The van der Waals surface area contributed by atoms with Gasteiger partial charge in [0.25, 0.3) is 0 Å². The van der Waals surface area contributed by atoms with Crippen LogP contribution in [0.5, 0.6) is 0 Å². The van der Waals surface area contributed by atoms with Crippen molar-refractivity contribution in [1.82, 2.24) is 4.40 Å². The molecule has 0 aliphatic carbocycles. The van der Waals surface area contributed by atoms with Crippen molar-refractivity contribution >= 4 is 49.0 Å². The third-order valence-corrected chi connectivity index (χ3v) is 6.63. The zero-order valence-corrected chi connectivity index (χ0v) is 17.0. The highest BCUT2D eigenvalue weighted by Gasteiger charge is 2.25. The Morgan fingerprint density at radius 1 is 0.862 bits per heavy atom. The third kappa shape index (κ3) is 1.84. The lowest BCUT2D eigenvalue weighted by Gasteiger charge is -2.16. The van der Waals surface area contributed by atoms with Gasteiger partial charge < -0.3 is 4.40 Å². The number of pyridine rings is 2. The second-order valence-corrected chi connectivity index (χ2v) is 8.24. The number of hydrogen-bond donors (Lipinski definition) is 0. The van der Waals surface area contributed by atoms with Crippen LogP contribution < -0.4 is 4.57 Å². The summed E-state index contributed by atoms with van der Waals surface area (Å²) >= 11 is 0. The van der Waals surface area contributed by atoms with Crippen molar-refractivity contribution in [2.24, 2.45) is 7.05 Å². The molecule has 3 heterocycles. The molecule has 0 saturated carbocycles. The minimum atomic E-state index is 0.701. The molecule has 6 rings (SSSR count). The van der Waals surface area contributed by atoms with E-state index in [0.29, 0.717) is 5.56 Å². The van der Waals surface area contributed by atoms with Crippen molar-refractivity contribution in [3.63, 3.8) is 0 Å². The number of benzene rings is 3. The maximum absolute atomic E-state index is 9.46. The normalized spacial score (nSPS) is 12.1. The van der Waals surface area contributed by atoms with Gasteiger partial charge in [-0.15, -0.1) is 0 Å². The van der Waals surface area contributed by atoms with Gasteiger partial charge in [0, 0.05) is 16.8 Å². The van der Waals surface area contributed by atoms with Crippen LogP contribution in [0.25, 0.3) is 49.0 Å². The molecule has 6 aromatic rings. The number of nitriles is 1. The van der Waals surface area contributed by atoms with E-state index in [1.807, 2.05) is 12.1 Å². The lowest BCUT2D eigenvalue weighted by molar-refractivity contribution is -0.643. The van der Waals surface area contributed by atoms with E-state index in [1.165, 1.54) is 54.8 Å². The standard InChI is InChI=1S/C26H20N3/c1-14-11-15(2)24-22(16(14)3)26-23-18(9-10-28(26)4)6-7-19-20-12-17(13-27)5-8-21(20)29(24)25(19)23/h5-12H,1-4H3/q+1. The molecule has 0 atom stereocenters. The average Bonchev–Trinajstić information content (AvgIpc) is 3.05. The Bertz CT molecular complexity index is 1690. The van der Waals surface area contributed by atoms with Crippen LogP contribution in [0.3, 0.4) is 0 Å². The molecule has 29 heavy (non-hydrogen) atoms. The van der Waals surface area contributed by atoms with Gasteiger partial charge in [-0.2, -0.15) is 5.26 Å². The van der Waals surface area contributed by atoms with Crippen LogP contribution in [-0.4, -0.2) is 4.40 Å². The molecule has 3 heteroatoms. The molecule has 0 unspecified atom stereocenters. The molecule has 0 saturated heterocycles. The van der Waals surface area contributed by atoms with E-state index in [1.54, 1.807) is 0 Å². The molecule has 0 bridgehead atoms. The number of rotatable bonds is 0. The first-order valence-electron chi connectivity index (χ1n) is 9.92. The minimum Gasteiger partial charge on any atom is -0.307 e. The summed E-state index contributed by atoms with van der Waals surface area (Å²) in [6.07, 6.45) is 2.16. The summed E-state index contributed by atoms with van der Waals surface area (Å²) in [5, 5.41) is 15.7. The van der Waals surface area contributed by atoms with Crippen molar-refractivity contribution in [3.05, 3.63) is 70.9 Å². The van der Waals surface area contributed by atoms with E-state index in [4.69, 9.17) is 0 Å². The molecule has 3 aromatic carbocycles. The summed E-state index contributed by atoms with van der Waals surface area (Å²) in [6, 6.07) is 17.3. The molecule has 0 radical (unpaired) electrons. The SMILES string of the molecule is Cc1cc(C)c2c(c1C)c1c3c(ccc4c5cc(C#N)ccc5n2c43)cc[n+]1C. The first-order valence-corrected chi connectivity index (χ1v) is 9.92. The Labute approximate surface area is 168 Å². The van der Waals surface area contributed by atoms with Crippen molar-refractivity contribution < 1.29 is 4.57 Å². The maximum Gasteiger partial charge on any atom is 0.224 e. The summed E-state index contributed by atoms with van der Waals surface area (Å²) in [5.74, 6) is 0. The fourth-order valence-corrected chi connectivity index (χ4v) is 5.21. The lowest BCUT2D eigenvalue weighted by atomic mass is 9.95. The Morgan fingerprint density at radius 2 is 1.69 bits per heavy atom. The lowest BCUT2D eigenvalue weighted by Crippen LogP contribution is -2.29. The highest BCUT2D eigenvalue weighted by Crippen LogP contribution is 2.42. The van der Waals surface area contributed by atoms with Gasteiger partial charge in [-0.3, -0.25) is 0 Å². The van der Waals surface area contributed by atoms with Gasteiger partial charge in [-0.1, -0.05) is 18.2 Å². The van der Waals surface area contributed by atoms with Crippen LogP contribution in [0.2, 0.25) is 0 Å². The Balaban J connectivity index is 2.13. The molecule has 0 fully saturated rings. The third-order valence-electron chi connectivity index (χ3n) is 6.63. The van der Waals surface area contributed by atoms with E-state index in [-0.39, 0.29) is 0 Å². The molecule has 138 valence electrons. The maximum atomic E-state index is 9.46. The molecule has 3 nitrogen and oxygen atoms in total. The zero-order valence-electron chi connectivity index (χ0n) is 17.0. The molecule has 3 aromatic heterocycles. The van der Waals surface area contributed by atoms with Crippen molar-refractivity contribution in [3.8, 4) is 6.07 Å². The average molecular weight is 374 g/mol. The largest absolute Gasteiger partial charge is 0.307 e. The van der Waals surface area contributed by atoms with Crippen LogP contribution in [0, 0.1) is 32.1 Å². The highest BCUT2D eigenvalue weighted by atomic mass is 15.0. The second-order valence-electron chi connectivity index (χ2n) is 8.24. The van der Waals surface area contributed by atoms with E-state index < -0.39 is 0 Å². The number of nitrogens with zero attached hydrogens (tertiary/aromatic N) is 3. The van der Waals surface area contributed by atoms with Gasteiger partial charge in [-0.05, 0) is 61.0 Å². The number of aromatic nitrogens is 2. The van der Waals surface area contributed by atoms with Crippen molar-refractivity contribution in [2.75, 3.05) is 0 Å². The van der Waals surface area contributed by atoms with Gasteiger partial charge >= 0.3 is 0 Å². The van der Waals surface area contributed by atoms with E-state index in [9.17, 15) is 5.26 Å². The quantitative estimate of drug-likeness (QED) is 0.193. The summed E-state index contributed by atoms with van der Waals surface area (Å²) in [7, 11) is 2.14. The molecule has 0 spiro atoms. The fraction of sp³-hybridized carbons (Fsp3) is 0.154. The zero-order chi connectivity index (χ0) is 20.0. The van der Waals surface area contributed by atoms with Crippen LogP contribution in [0.1, 0.15) is 22.3 Å². The second kappa shape index (κ2) is 5.24. The van der Waals surface area contributed by atoms with Gasteiger partial charge in [0.1, 0.15) is 7.05 Å². The van der Waals surface area contributed by atoms with Gasteiger partial charge in [0.2, 0.25) is 5.52 Å². The molecule has 0 amide bonds.